The fourth-order valence-corrected chi connectivity index (χ4v) is 11.1. The molecule has 6 aromatic rings. The smallest absolute Gasteiger partial charge is 0.444 e. The summed E-state index contributed by atoms with van der Waals surface area (Å²) in [6.45, 7) is 8.94. The van der Waals surface area contributed by atoms with Crippen molar-refractivity contribution in [1.29, 1.82) is 0 Å². The number of thiol groups is 1. The number of alkyl carbamates (subject to hydrolysis) is 1. The van der Waals surface area contributed by atoms with Crippen LogP contribution >= 0.6 is 12.8 Å². The molecular weight excluding hydrogens is 1130 g/mol. The van der Waals surface area contributed by atoms with Gasteiger partial charge in [0.25, 0.3) is 20.0 Å². The van der Waals surface area contributed by atoms with Crippen molar-refractivity contribution >= 4 is 73.1 Å². The molecule has 0 unspecified atom stereocenters. The summed E-state index contributed by atoms with van der Waals surface area (Å²) in [5, 5.41) is 27.5. The Morgan fingerprint density at radius 3 is 1.44 bits per heavy atom. The molecule has 2 aliphatic rings. The van der Waals surface area contributed by atoms with Crippen LogP contribution in [0.5, 0.6) is 0 Å². The molecule has 0 spiro atoms. The number of aromatic nitrogens is 4. The zero-order valence-electron chi connectivity index (χ0n) is 45.5. The Balaban J connectivity index is 0.000000224. The molecule has 4 aromatic carbocycles. The second-order valence-electron chi connectivity index (χ2n) is 19.4. The van der Waals surface area contributed by atoms with Crippen LogP contribution in [-0.4, -0.2) is 162 Å². The van der Waals surface area contributed by atoms with Crippen LogP contribution in [0.3, 0.4) is 0 Å². The molecule has 27 nitrogen and oxygen atoms in total. The molecule has 2 fully saturated rings. The van der Waals surface area contributed by atoms with Gasteiger partial charge in [-0.1, -0.05) is 87.3 Å². The minimum atomic E-state index is -4.27. The Kier molecular flexibility index (Phi) is 24.0. The van der Waals surface area contributed by atoms with Crippen LogP contribution in [0.15, 0.2) is 116 Å². The van der Waals surface area contributed by atoms with E-state index in [0.717, 1.165) is 22.0 Å². The normalized spacial score (nSPS) is 16.9. The third-order valence-corrected chi connectivity index (χ3v) is 15.4. The Hall–Kier alpha value is -6.68. The number of carbonyl (C=O) groups is 3. The van der Waals surface area contributed by atoms with Gasteiger partial charge in [-0.2, -0.15) is 0 Å². The average molecular weight is 1200 g/mol. The number of aliphatic hydroxyl groups is 2. The summed E-state index contributed by atoms with van der Waals surface area (Å²) in [6, 6.07) is 25.0. The van der Waals surface area contributed by atoms with Gasteiger partial charge >= 0.3 is 23.6 Å². The molecule has 82 heavy (non-hydrogen) atoms. The van der Waals surface area contributed by atoms with Crippen LogP contribution in [0.25, 0.3) is 22.1 Å². The molecule has 2 aliphatic heterocycles. The van der Waals surface area contributed by atoms with Crippen LogP contribution in [-0.2, 0) is 71.1 Å². The molecule has 448 valence electrons. The van der Waals surface area contributed by atoms with Gasteiger partial charge in [0, 0.05) is 19.8 Å². The number of aromatic amines is 4. The highest BCUT2D eigenvalue weighted by Gasteiger charge is 2.35. The van der Waals surface area contributed by atoms with Crippen LogP contribution in [0.1, 0.15) is 58.6 Å². The van der Waals surface area contributed by atoms with E-state index in [9.17, 15) is 51.0 Å². The zero-order chi connectivity index (χ0) is 59.6. The number of ether oxygens (including phenoxy) is 4. The SMILES string of the molecule is CC(=O)N[C@@H](Cc1ccccc1)[C@H](O)CN(OC(C)C)S(=O)(=O)c1ccc2[nH]c(=O)[nH]c2c1.CC(C)ON(C[C@@H](O)[C@H](Cc1ccccc1)NC(=O)O[C@H]1CCOC1)S(=O)(=O)c1ccc2[nH]c(=O)[nH]c2c1.O=C(ONS)O[C@H]1CCOC1. The van der Waals surface area contributed by atoms with Crippen molar-refractivity contribution in [2.45, 2.75) is 119 Å². The lowest BCUT2D eigenvalue weighted by Crippen LogP contribution is -2.51. The number of nitrogens with one attached hydrogen (secondary N) is 7. The van der Waals surface area contributed by atoms with Gasteiger partial charge in [0.2, 0.25) is 5.91 Å². The number of sulfonamides is 2. The molecule has 2 amide bonds. The van der Waals surface area contributed by atoms with Crippen molar-refractivity contribution in [2.24, 2.45) is 0 Å². The standard InChI is InChI=1S/C25H32N4O8S.C22H28N4O6S.C5H9NO4S/c1-16(2)37-29(38(33,34)19-8-9-20-21(13-19)27-24(31)26-20)14-23(30)22(12-17-6-4-3-5-7-17)28-25(32)36-18-10-11-35-15-18;1-14(2)32-26(33(30,31)17-9-10-18-19(12-17)25-22(29)24-18)13-21(28)20(23-15(3)27)11-16-7-5-4-6-8-16;7-5(10-6-11)9-4-1-2-8-3-4/h3-9,13,16,18,22-23,30H,10-12,14-15H2,1-2H3,(H,28,32)(H2,26,27,31);4-10,12,14,20-21,28H,11,13H2,1-3H3,(H,23,27)(H2,24,25,29);4,6,11H,1-3H2/t18-,22-,23+;20-,21+;4-/m000/s1. The number of hydrogen-bond donors (Lipinski definition) is 10. The molecule has 0 aliphatic carbocycles. The van der Waals surface area contributed by atoms with E-state index < -0.39 is 93.3 Å². The van der Waals surface area contributed by atoms with Crippen molar-refractivity contribution in [1.82, 2.24) is 44.4 Å². The van der Waals surface area contributed by atoms with E-state index in [-0.39, 0.29) is 34.3 Å². The van der Waals surface area contributed by atoms with E-state index >= 15 is 0 Å². The highest BCUT2D eigenvalue weighted by Crippen LogP contribution is 2.24. The summed E-state index contributed by atoms with van der Waals surface area (Å²) in [7, 11) is -8.48. The lowest BCUT2D eigenvalue weighted by atomic mass is 10.0. The van der Waals surface area contributed by atoms with Gasteiger partial charge in [-0.3, -0.25) is 14.5 Å². The van der Waals surface area contributed by atoms with Gasteiger partial charge in [-0.15, -0.1) is 0 Å². The third-order valence-electron chi connectivity index (χ3n) is 12.1. The maximum absolute atomic E-state index is 13.5. The summed E-state index contributed by atoms with van der Waals surface area (Å²) in [6.07, 6.45) is -3.95. The fourth-order valence-electron chi connectivity index (χ4n) is 8.31. The Morgan fingerprint density at radius 1 is 0.634 bits per heavy atom. The molecule has 0 bridgehead atoms. The number of nitrogens with zero attached hydrogens (tertiary/aromatic N) is 2. The maximum Gasteiger partial charge on any atom is 0.528 e. The number of amides is 2. The number of carbonyl (C=O) groups excluding carboxylic acids is 3. The Labute approximate surface area is 477 Å². The van der Waals surface area contributed by atoms with Crippen molar-refractivity contribution in [3.05, 3.63) is 129 Å². The molecule has 6 atom stereocenters. The zero-order valence-corrected chi connectivity index (χ0v) is 48.0. The van der Waals surface area contributed by atoms with Gasteiger partial charge in [-0.25, -0.2) is 36.0 Å². The van der Waals surface area contributed by atoms with Gasteiger partial charge in [-0.05, 0) is 88.1 Å². The molecule has 8 rings (SSSR count). The predicted molar refractivity (Wildman–Crippen MR) is 300 cm³/mol. The summed E-state index contributed by atoms with van der Waals surface area (Å²) in [4.78, 5) is 85.3. The third kappa shape index (κ3) is 19.5. The lowest BCUT2D eigenvalue weighted by molar-refractivity contribution is -0.138. The largest absolute Gasteiger partial charge is 0.528 e. The van der Waals surface area contributed by atoms with Crippen LogP contribution < -0.4 is 26.9 Å². The minimum Gasteiger partial charge on any atom is -0.444 e. The fraction of sp³-hybridized carbons (Fsp3) is 0.442. The number of fused-ring (bicyclic) bond motifs is 2. The molecule has 2 aromatic heterocycles. The van der Waals surface area contributed by atoms with E-state index in [4.69, 9.17) is 28.6 Å². The first-order valence-corrected chi connectivity index (χ1v) is 29.3. The molecule has 4 heterocycles. The number of hydroxylamine groups is 2. The van der Waals surface area contributed by atoms with Crippen LogP contribution in [0.4, 0.5) is 9.59 Å². The Bertz CT molecular complexity index is 3350. The van der Waals surface area contributed by atoms with E-state index in [2.05, 4.69) is 48.2 Å². The van der Waals surface area contributed by atoms with Crippen LogP contribution in [0.2, 0.25) is 0 Å². The predicted octanol–water partition coefficient (Wildman–Crippen LogP) is 3.25. The monoisotopic (exact) mass is 1200 g/mol. The van der Waals surface area contributed by atoms with Crippen molar-refractivity contribution < 1.29 is 74.9 Å². The number of aliphatic hydroxyl groups excluding tert-OH is 2. The maximum atomic E-state index is 13.5. The topological polar surface area (TPSA) is 364 Å². The second kappa shape index (κ2) is 30.6. The summed E-state index contributed by atoms with van der Waals surface area (Å²) >= 11 is 3.45. The summed E-state index contributed by atoms with van der Waals surface area (Å²) < 4.78 is 75.6. The number of rotatable bonds is 23. The first-order chi connectivity index (χ1) is 39.0. The minimum absolute atomic E-state index is 0.114. The number of H-pyrrole nitrogens is 4. The lowest BCUT2D eigenvalue weighted by Gasteiger charge is -2.30. The number of imidazole rings is 2. The first kappa shape index (κ1) is 64.5. The molecule has 0 radical (unpaired) electrons. The molecule has 9 N–H and O–H groups in total. The van der Waals surface area contributed by atoms with E-state index in [1.807, 2.05) is 65.5 Å². The molecule has 2 saturated heterocycles. The van der Waals surface area contributed by atoms with Crippen molar-refractivity contribution in [2.75, 3.05) is 39.5 Å². The van der Waals surface area contributed by atoms with Gasteiger partial charge in [0.1, 0.15) is 12.2 Å². The summed E-state index contributed by atoms with van der Waals surface area (Å²) in [5.41, 5.74) is 2.32. The molecule has 30 heteroatoms. The van der Waals surface area contributed by atoms with Crippen molar-refractivity contribution in [3.63, 3.8) is 0 Å². The summed E-state index contributed by atoms with van der Waals surface area (Å²) in [5.74, 6) is -0.351. The number of hydrogen-bond acceptors (Lipinski definition) is 20. The highest BCUT2D eigenvalue weighted by molar-refractivity contribution is 7.89. The number of benzene rings is 4. The highest BCUT2D eigenvalue weighted by atomic mass is 32.2. The van der Waals surface area contributed by atoms with Gasteiger partial charge in [0.05, 0.1) is 108 Å². The van der Waals surface area contributed by atoms with Crippen molar-refractivity contribution in [3.8, 4) is 0 Å². The van der Waals surface area contributed by atoms with Gasteiger partial charge < -0.3 is 64.6 Å². The van der Waals surface area contributed by atoms with E-state index in [1.54, 1.807) is 27.7 Å². The van der Waals surface area contributed by atoms with Crippen LogP contribution in [0, 0.1) is 0 Å². The Morgan fingerprint density at radius 2 is 1.05 bits per heavy atom. The molecular formula is C52H69N9O18S3. The average Bonchev–Trinajstić information content (AvgIpc) is 4.41. The van der Waals surface area contributed by atoms with E-state index in [1.165, 1.54) is 43.3 Å². The second-order valence-corrected chi connectivity index (χ2v) is 23.2. The molecule has 0 saturated carbocycles. The van der Waals surface area contributed by atoms with Gasteiger partial charge in [0.15, 0.2) is 0 Å². The first-order valence-electron chi connectivity index (χ1n) is 25.9. The van der Waals surface area contributed by atoms with E-state index in [0.29, 0.717) is 65.8 Å². The quantitative estimate of drug-likeness (QED) is 0.0250.